The molecule has 0 N–H and O–H groups in total. The summed E-state index contributed by atoms with van der Waals surface area (Å²) in [5.41, 5.74) is 0.680. The monoisotopic (exact) mass is 451 g/mol. The number of carbonyl (C=O) groups excluding carboxylic acids is 2. The van der Waals surface area contributed by atoms with Crippen LogP contribution in [0, 0.1) is 46.3 Å². The van der Waals surface area contributed by atoms with Gasteiger partial charge in [-0.05, 0) is 104 Å². The van der Waals surface area contributed by atoms with Gasteiger partial charge < -0.3 is 9.90 Å². The molecular weight excluding hydrogens is 416 g/mol. The Morgan fingerprint density at radius 3 is 2.46 bits per heavy atom. The van der Waals surface area contributed by atoms with Crippen LogP contribution in [0.25, 0.3) is 0 Å². The third-order valence-corrected chi connectivity index (χ3v) is 11.2. The number of carboxylic acids is 1. The van der Waals surface area contributed by atoms with Gasteiger partial charge in [-0.2, -0.15) is 0 Å². The molecule has 9 atom stereocenters. The lowest BCUT2D eigenvalue weighted by atomic mass is 9.44. The van der Waals surface area contributed by atoms with Crippen molar-refractivity contribution in [2.24, 2.45) is 46.3 Å². The number of alkyl halides is 1. The number of halogens is 1. The second kappa shape index (κ2) is 7.39. The van der Waals surface area contributed by atoms with Crippen molar-refractivity contribution in [1.29, 1.82) is 0 Å². The van der Waals surface area contributed by atoms with Gasteiger partial charge in [-0.15, -0.1) is 0 Å². The van der Waals surface area contributed by atoms with Crippen LogP contribution in [0.3, 0.4) is 0 Å². The molecule has 0 bridgehead atoms. The summed E-state index contributed by atoms with van der Waals surface area (Å²) in [5.74, 6) is 3.49. The molecular formula is C24H36BrO3-. The third-order valence-electron chi connectivity index (χ3n) is 10.1. The van der Waals surface area contributed by atoms with Crippen LogP contribution in [0.1, 0.15) is 85.0 Å². The number of Topliss-reactive ketones (excluding diaryl/α,β-unsaturated/α-hetero) is 1. The zero-order valence-corrected chi connectivity index (χ0v) is 19.3. The van der Waals surface area contributed by atoms with E-state index in [-0.39, 0.29) is 11.2 Å². The van der Waals surface area contributed by atoms with Gasteiger partial charge in [0.05, 0.1) is 4.83 Å². The number of carbonyl (C=O) groups is 2. The van der Waals surface area contributed by atoms with Crippen molar-refractivity contribution >= 4 is 27.7 Å². The van der Waals surface area contributed by atoms with Crippen LogP contribution in [0.2, 0.25) is 0 Å². The molecule has 0 heterocycles. The summed E-state index contributed by atoms with van der Waals surface area (Å²) in [4.78, 5) is 23.3. The van der Waals surface area contributed by atoms with E-state index in [2.05, 4.69) is 36.7 Å². The van der Waals surface area contributed by atoms with E-state index in [4.69, 9.17) is 0 Å². The van der Waals surface area contributed by atoms with Gasteiger partial charge in [0.25, 0.3) is 0 Å². The molecule has 0 saturated heterocycles. The van der Waals surface area contributed by atoms with Crippen molar-refractivity contribution in [1.82, 2.24) is 0 Å². The van der Waals surface area contributed by atoms with Gasteiger partial charge in [0, 0.05) is 12.4 Å². The van der Waals surface area contributed by atoms with Crippen molar-refractivity contribution in [2.75, 3.05) is 0 Å². The van der Waals surface area contributed by atoms with Gasteiger partial charge >= 0.3 is 0 Å². The maximum absolute atomic E-state index is 12.3. The fourth-order valence-corrected chi connectivity index (χ4v) is 9.71. The molecule has 4 fully saturated rings. The largest absolute Gasteiger partial charge is 0.550 e. The predicted octanol–water partition coefficient (Wildman–Crippen LogP) is 4.75. The van der Waals surface area contributed by atoms with Crippen LogP contribution in [-0.4, -0.2) is 16.6 Å². The first-order valence-electron chi connectivity index (χ1n) is 11.5. The van der Waals surface area contributed by atoms with Crippen LogP contribution in [0.15, 0.2) is 0 Å². The Hall–Kier alpha value is -0.380. The van der Waals surface area contributed by atoms with E-state index in [1.54, 1.807) is 0 Å². The fourth-order valence-electron chi connectivity index (χ4n) is 8.61. The maximum atomic E-state index is 12.3. The predicted molar refractivity (Wildman–Crippen MR) is 112 cm³/mol. The SMILES string of the molecule is C[C@@H](CCC(=O)[O-])[C@@H]1CC[C@H]2[C@H]3CC[C@H]4[C@@H](Br)C(=O)CC[C@]4(C)[C@@H]3CC[C@@]21C. The number of hydrogen-bond acceptors (Lipinski definition) is 3. The van der Waals surface area contributed by atoms with Gasteiger partial charge in [-0.25, -0.2) is 0 Å². The molecule has 3 nitrogen and oxygen atoms in total. The molecule has 0 aliphatic heterocycles. The number of rotatable bonds is 4. The van der Waals surface area contributed by atoms with Crippen LogP contribution in [0.5, 0.6) is 0 Å². The topological polar surface area (TPSA) is 57.2 Å². The lowest BCUT2D eigenvalue weighted by Gasteiger charge is -2.61. The molecule has 28 heavy (non-hydrogen) atoms. The smallest absolute Gasteiger partial charge is 0.146 e. The van der Waals surface area contributed by atoms with Crippen molar-refractivity contribution in [3.05, 3.63) is 0 Å². The first-order valence-corrected chi connectivity index (χ1v) is 12.5. The lowest BCUT2D eigenvalue weighted by Crippen LogP contribution is -2.56. The third kappa shape index (κ3) is 3.11. The Labute approximate surface area is 178 Å². The molecule has 0 aromatic rings. The number of fused-ring (bicyclic) bond motifs is 5. The lowest BCUT2D eigenvalue weighted by molar-refractivity contribution is -0.306. The normalized spacial score (nSPS) is 49.1. The van der Waals surface area contributed by atoms with Crippen LogP contribution in [-0.2, 0) is 9.59 Å². The van der Waals surface area contributed by atoms with Crippen molar-refractivity contribution in [3.8, 4) is 0 Å². The van der Waals surface area contributed by atoms with Crippen molar-refractivity contribution < 1.29 is 14.7 Å². The number of hydrogen-bond donors (Lipinski definition) is 0. The Kier molecular flexibility index (Phi) is 5.51. The first kappa shape index (κ1) is 20.9. The molecule has 4 rings (SSSR count). The summed E-state index contributed by atoms with van der Waals surface area (Å²) in [7, 11) is 0. The molecule has 4 saturated carbocycles. The highest BCUT2D eigenvalue weighted by molar-refractivity contribution is 9.10. The molecule has 0 aromatic carbocycles. The fraction of sp³-hybridized carbons (Fsp3) is 0.917. The van der Waals surface area contributed by atoms with E-state index < -0.39 is 5.97 Å². The van der Waals surface area contributed by atoms with Crippen LogP contribution < -0.4 is 5.11 Å². The molecule has 4 aliphatic carbocycles. The van der Waals surface area contributed by atoms with E-state index in [1.807, 2.05) is 0 Å². The summed E-state index contributed by atoms with van der Waals surface area (Å²) < 4.78 is 0. The van der Waals surface area contributed by atoms with Gasteiger partial charge in [0.15, 0.2) is 0 Å². The van der Waals surface area contributed by atoms with E-state index in [9.17, 15) is 14.7 Å². The molecule has 4 aliphatic rings. The van der Waals surface area contributed by atoms with Crippen molar-refractivity contribution in [2.45, 2.75) is 89.8 Å². The summed E-state index contributed by atoms with van der Waals surface area (Å²) in [6, 6.07) is 0. The highest BCUT2D eigenvalue weighted by Gasteiger charge is 2.61. The van der Waals surface area contributed by atoms with E-state index in [0.29, 0.717) is 34.4 Å². The van der Waals surface area contributed by atoms with Crippen LogP contribution >= 0.6 is 15.9 Å². The van der Waals surface area contributed by atoms with E-state index in [1.165, 1.54) is 38.5 Å². The first-order chi connectivity index (χ1) is 13.2. The minimum absolute atomic E-state index is 0.0708. The second-order valence-electron chi connectivity index (χ2n) is 11.1. The van der Waals surface area contributed by atoms with E-state index >= 15 is 0 Å². The number of ketones is 1. The van der Waals surface area contributed by atoms with Gasteiger partial charge in [0.1, 0.15) is 5.78 Å². The molecule has 0 radical (unpaired) electrons. The molecule has 0 spiro atoms. The highest BCUT2D eigenvalue weighted by Crippen LogP contribution is 2.68. The number of aliphatic carboxylic acids is 1. The van der Waals surface area contributed by atoms with Gasteiger partial charge in [-0.1, -0.05) is 36.7 Å². The molecule has 0 aromatic heterocycles. The summed E-state index contributed by atoms with van der Waals surface area (Å²) in [5, 5.41) is 10.9. The average Bonchev–Trinajstić information content (AvgIpc) is 3.00. The summed E-state index contributed by atoms with van der Waals surface area (Å²) >= 11 is 3.77. The summed E-state index contributed by atoms with van der Waals surface area (Å²) in [6.07, 6.45) is 10.4. The van der Waals surface area contributed by atoms with Gasteiger partial charge in [0.2, 0.25) is 0 Å². The Morgan fingerprint density at radius 1 is 1.07 bits per heavy atom. The Morgan fingerprint density at radius 2 is 1.75 bits per heavy atom. The number of carboxylic acid groups (broad SMARTS) is 1. The van der Waals surface area contributed by atoms with Crippen molar-refractivity contribution in [3.63, 3.8) is 0 Å². The zero-order chi connectivity index (χ0) is 20.3. The second-order valence-corrected chi connectivity index (χ2v) is 12.0. The minimum atomic E-state index is -0.905. The molecule has 0 amide bonds. The molecule has 0 unspecified atom stereocenters. The average molecular weight is 452 g/mol. The Balaban J connectivity index is 1.53. The Bertz CT molecular complexity index is 648. The summed E-state index contributed by atoms with van der Waals surface area (Å²) in [6.45, 7) is 7.29. The highest BCUT2D eigenvalue weighted by atomic mass is 79.9. The maximum Gasteiger partial charge on any atom is 0.146 e. The zero-order valence-electron chi connectivity index (χ0n) is 17.7. The minimum Gasteiger partial charge on any atom is -0.550 e. The van der Waals surface area contributed by atoms with Crippen LogP contribution in [0.4, 0.5) is 0 Å². The standard InChI is InChI=1S/C24H37BrO3/c1-14(4-9-21(27)28)16-7-8-17-15-5-6-19-22(25)20(26)11-13-24(19,3)18(15)10-12-23(16,17)2/h14-19,22H,4-13H2,1-3H3,(H,27,28)/p-1/t14-,15+,16-,17-,18+,19-,22+,23+,24+/m0/s1. The quantitative estimate of drug-likeness (QED) is 0.579. The van der Waals surface area contributed by atoms with Gasteiger partial charge in [-0.3, -0.25) is 4.79 Å². The van der Waals surface area contributed by atoms with E-state index in [0.717, 1.165) is 37.0 Å². The molecule has 4 heteroatoms. The molecule has 158 valence electrons.